The van der Waals surface area contributed by atoms with Gasteiger partial charge in [0.1, 0.15) is 4.90 Å². The largest absolute Gasteiger partial charge is 0.468 e. The first-order valence-corrected chi connectivity index (χ1v) is 8.47. The van der Waals surface area contributed by atoms with Gasteiger partial charge in [-0.05, 0) is 12.5 Å². The minimum absolute atomic E-state index is 0.0515. The molecule has 0 radical (unpaired) electrons. The summed E-state index contributed by atoms with van der Waals surface area (Å²) in [6.45, 7) is -1.07. The standard InChI is InChI=1S/C13H16F3N3O4S/c1-19-5-4-9(6-12(19)20)18-24(21,22)10-2-3-11(17-7-10)23-8-13(14,15)16/h2-3,7,9,18H,4-6,8H2,1H3/t9-/m0/s1. The fourth-order valence-corrected chi connectivity index (χ4v) is 3.31. The number of likely N-dealkylation sites (tertiary alicyclic amines) is 1. The van der Waals surface area contributed by atoms with Gasteiger partial charge in [0.05, 0.1) is 6.20 Å². The first-order chi connectivity index (χ1) is 11.1. The molecule has 1 saturated heterocycles. The quantitative estimate of drug-likeness (QED) is 0.836. The van der Waals surface area contributed by atoms with Crippen molar-refractivity contribution in [3.63, 3.8) is 0 Å². The molecule has 1 aromatic heterocycles. The number of halogens is 3. The zero-order chi connectivity index (χ0) is 18.0. The fraction of sp³-hybridized carbons (Fsp3) is 0.538. The molecule has 0 saturated carbocycles. The van der Waals surface area contributed by atoms with Crippen LogP contribution >= 0.6 is 0 Å². The number of hydrogen-bond donors (Lipinski definition) is 1. The van der Waals surface area contributed by atoms with Crippen molar-refractivity contribution >= 4 is 15.9 Å². The Morgan fingerprint density at radius 3 is 2.67 bits per heavy atom. The number of pyridine rings is 1. The van der Waals surface area contributed by atoms with Crippen LogP contribution in [-0.4, -0.2) is 56.6 Å². The second-order valence-electron chi connectivity index (χ2n) is 5.36. The Morgan fingerprint density at radius 1 is 1.42 bits per heavy atom. The summed E-state index contributed by atoms with van der Waals surface area (Å²) < 4.78 is 67.4. The molecule has 1 N–H and O–H groups in total. The minimum Gasteiger partial charge on any atom is -0.468 e. The Morgan fingerprint density at radius 2 is 2.12 bits per heavy atom. The van der Waals surface area contributed by atoms with Gasteiger partial charge < -0.3 is 9.64 Å². The van der Waals surface area contributed by atoms with Crippen LogP contribution in [0, 0.1) is 0 Å². The van der Waals surface area contributed by atoms with Gasteiger partial charge in [0.2, 0.25) is 21.8 Å². The predicted molar refractivity (Wildman–Crippen MR) is 76.8 cm³/mol. The SMILES string of the molecule is CN1CC[C@H](NS(=O)(=O)c2ccc(OCC(F)(F)F)nc2)CC1=O. The minimum atomic E-state index is -4.51. The fourth-order valence-electron chi connectivity index (χ4n) is 2.10. The number of hydrogen-bond acceptors (Lipinski definition) is 5. The molecule has 2 rings (SSSR count). The van der Waals surface area contributed by atoms with E-state index in [1.54, 1.807) is 7.05 Å². The summed E-state index contributed by atoms with van der Waals surface area (Å²) in [5.74, 6) is -0.497. The maximum atomic E-state index is 12.2. The average molecular weight is 367 g/mol. The van der Waals surface area contributed by atoms with Crippen LogP contribution in [-0.2, 0) is 14.8 Å². The molecule has 1 aromatic rings. The maximum Gasteiger partial charge on any atom is 0.422 e. The lowest BCUT2D eigenvalue weighted by Gasteiger charge is -2.29. The summed E-state index contributed by atoms with van der Waals surface area (Å²) in [6, 6.07) is 1.61. The number of aromatic nitrogens is 1. The van der Waals surface area contributed by atoms with Crippen molar-refractivity contribution < 1.29 is 31.1 Å². The lowest BCUT2D eigenvalue weighted by Crippen LogP contribution is -2.46. The van der Waals surface area contributed by atoms with Crippen molar-refractivity contribution in [1.29, 1.82) is 0 Å². The van der Waals surface area contributed by atoms with Gasteiger partial charge in [0, 0.05) is 32.1 Å². The molecule has 2 heterocycles. The molecular formula is C13H16F3N3O4S. The highest BCUT2D eigenvalue weighted by molar-refractivity contribution is 7.89. The van der Waals surface area contributed by atoms with Gasteiger partial charge in [0.25, 0.3) is 0 Å². The average Bonchev–Trinajstić information content (AvgIpc) is 2.48. The first-order valence-electron chi connectivity index (χ1n) is 6.99. The Kier molecular flexibility index (Phi) is 5.33. The van der Waals surface area contributed by atoms with Crippen LogP contribution in [0.2, 0.25) is 0 Å². The number of nitrogens with zero attached hydrogens (tertiary/aromatic N) is 2. The van der Waals surface area contributed by atoms with E-state index in [0.717, 1.165) is 18.3 Å². The van der Waals surface area contributed by atoms with Crippen LogP contribution < -0.4 is 9.46 Å². The maximum absolute atomic E-state index is 12.2. The van der Waals surface area contributed by atoms with E-state index < -0.39 is 28.8 Å². The molecule has 11 heteroatoms. The van der Waals surface area contributed by atoms with Gasteiger partial charge in [-0.3, -0.25) is 4.79 Å². The van der Waals surface area contributed by atoms with E-state index in [4.69, 9.17) is 0 Å². The topological polar surface area (TPSA) is 88.6 Å². The van der Waals surface area contributed by atoms with E-state index in [9.17, 15) is 26.4 Å². The zero-order valence-electron chi connectivity index (χ0n) is 12.7. The molecule has 0 bridgehead atoms. The molecule has 134 valence electrons. The monoisotopic (exact) mass is 367 g/mol. The van der Waals surface area contributed by atoms with Crippen molar-refractivity contribution in [2.24, 2.45) is 0 Å². The molecule has 1 atom stereocenters. The van der Waals surface area contributed by atoms with Crippen molar-refractivity contribution in [2.45, 2.75) is 30.0 Å². The highest BCUT2D eigenvalue weighted by Crippen LogP contribution is 2.19. The lowest BCUT2D eigenvalue weighted by atomic mass is 10.1. The summed E-state index contributed by atoms with van der Waals surface area (Å²) in [6.07, 6.45) is -3.07. The van der Waals surface area contributed by atoms with Crippen LogP contribution in [0.25, 0.3) is 0 Å². The number of alkyl halides is 3. The highest BCUT2D eigenvalue weighted by Gasteiger charge is 2.29. The van der Waals surface area contributed by atoms with Crippen LogP contribution in [0.5, 0.6) is 5.88 Å². The zero-order valence-corrected chi connectivity index (χ0v) is 13.5. The van der Waals surface area contributed by atoms with Gasteiger partial charge in [-0.1, -0.05) is 0 Å². The molecule has 0 unspecified atom stereocenters. The van der Waals surface area contributed by atoms with Crippen LogP contribution in [0.4, 0.5) is 13.2 Å². The van der Waals surface area contributed by atoms with Gasteiger partial charge in [-0.15, -0.1) is 0 Å². The number of rotatable bonds is 5. The lowest BCUT2D eigenvalue weighted by molar-refractivity contribution is -0.154. The van der Waals surface area contributed by atoms with Crippen molar-refractivity contribution in [1.82, 2.24) is 14.6 Å². The molecule has 0 aromatic carbocycles. The summed E-state index contributed by atoms with van der Waals surface area (Å²) in [5, 5.41) is 0. The van der Waals surface area contributed by atoms with Crippen LogP contribution in [0.3, 0.4) is 0 Å². The van der Waals surface area contributed by atoms with E-state index in [0.29, 0.717) is 13.0 Å². The normalized spacial score (nSPS) is 19.4. The third kappa shape index (κ3) is 5.06. The smallest absolute Gasteiger partial charge is 0.422 e. The Hall–Kier alpha value is -1.88. The van der Waals surface area contributed by atoms with Crippen LogP contribution in [0.1, 0.15) is 12.8 Å². The summed E-state index contributed by atoms with van der Waals surface area (Å²) >= 11 is 0. The number of amides is 1. The number of carbonyl (C=O) groups is 1. The Balaban J connectivity index is 2.00. The third-order valence-electron chi connectivity index (χ3n) is 3.38. The van der Waals surface area contributed by atoms with Crippen molar-refractivity contribution in [2.75, 3.05) is 20.2 Å². The molecule has 1 amide bonds. The molecule has 0 spiro atoms. The summed E-state index contributed by atoms with van der Waals surface area (Å²) in [7, 11) is -2.29. The molecule has 1 aliphatic rings. The van der Waals surface area contributed by atoms with E-state index in [1.165, 1.54) is 4.90 Å². The van der Waals surface area contributed by atoms with E-state index >= 15 is 0 Å². The second-order valence-corrected chi connectivity index (χ2v) is 7.08. The van der Waals surface area contributed by atoms with Gasteiger partial charge in [-0.25, -0.2) is 18.1 Å². The Bertz CT molecular complexity index is 691. The molecule has 24 heavy (non-hydrogen) atoms. The molecule has 1 fully saturated rings. The highest BCUT2D eigenvalue weighted by atomic mass is 32.2. The molecular weight excluding hydrogens is 351 g/mol. The second kappa shape index (κ2) is 6.93. The number of carbonyl (C=O) groups excluding carboxylic acids is 1. The molecule has 0 aliphatic carbocycles. The van der Waals surface area contributed by atoms with Gasteiger partial charge in [0.15, 0.2) is 6.61 Å². The number of piperidine rings is 1. The summed E-state index contributed by atoms with van der Waals surface area (Å²) in [4.78, 5) is 16.4. The first kappa shape index (κ1) is 18.5. The van der Waals surface area contributed by atoms with Gasteiger partial charge >= 0.3 is 6.18 Å². The predicted octanol–water partition coefficient (Wildman–Crippen LogP) is 0.922. The number of sulfonamides is 1. The third-order valence-corrected chi connectivity index (χ3v) is 4.89. The van der Waals surface area contributed by atoms with Crippen LogP contribution in [0.15, 0.2) is 23.2 Å². The van der Waals surface area contributed by atoms with E-state index in [2.05, 4.69) is 14.4 Å². The van der Waals surface area contributed by atoms with E-state index in [1.807, 2.05) is 0 Å². The molecule has 1 aliphatic heterocycles. The Labute approximate surface area is 136 Å². The summed E-state index contributed by atoms with van der Waals surface area (Å²) in [5.41, 5.74) is 0. The number of ether oxygens (including phenoxy) is 1. The van der Waals surface area contributed by atoms with Crippen molar-refractivity contribution in [3.05, 3.63) is 18.3 Å². The van der Waals surface area contributed by atoms with Gasteiger partial charge in [-0.2, -0.15) is 13.2 Å². The molecule has 7 nitrogen and oxygen atoms in total. The van der Waals surface area contributed by atoms with Crippen molar-refractivity contribution in [3.8, 4) is 5.88 Å². The van der Waals surface area contributed by atoms with E-state index in [-0.39, 0.29) is 23.1 Å². The number of nitrogens with one attached hydrogen (secondary N) is 1.